The quantitative estimate of drug-likeness (QED) is 0.323. The molecule has 0 atom stereocenters. The van der Waals surface area contributed by atoms with Gasteiger partial charge in [0.2, 0.25) is 0 Å². The number of carbonyl (C=O) groups excluding carboxylic acids is 2. The molecule has 0 aliphatic carbocycles. The van der Waals surface area contributed by atoms with E-state index < -0.39 is 11.9 Å². The number of esters is 1. The molecule has 2 N–H and O–H groups in total. The third-order valence-corrected chi connectivity index (χ3v) is 3.12. The van der Waals surface area contributed by atoms with Crippen LogP contribution in [0.3, 0.4) is 0 Å². The number of anilines is 1. The van der Waals surface area contributed by atoms with Crippen molar-refractivity contribution in [3.05, 3.63) is 41.6 Å². The van der Waals surface area contributed by atoms with Crippen molar-refractivity contribution in [1.82, 2.24) is 10.2 Å². The van der Waals surface area contributed by atoms with Gasteiger partial charge in [-0.15, -0.1) is 0 Å². The summed E-state index contributed by atoms with van der Waals surface area (Å²) < 4.78 is 4.67. The topological polar surface area (TPSA) is 94.5 Å². The number of hydrogen-bond donors (Lipinski definition) is 2. The van der Waals surface area contributed by atoms with E-state index in [9.17, 15) is 9.59 Å². The minimum Gasteiger partial charge on any atom is -0.465 e. The summed E-state index contributed by atoms with van der Waals surface area (Å²) in [4.78, 5) is 25.9. The maximum atomic E-state index is 12.2. The van der Waals surface area contributed by atoms with Crippen molar-refractivity contribution in [2.45, 2.75) is 6.42 Å². The molecule has 7 heteroatoms. The van der Waals surface area contributed by atoms with Crippen molar-refractivity contribution in [3.8, 4) is 6.07 Å². The summed E-state index contributed by atoms with van der Waals surface area (Å²) in [6.07, 6.45) is 2.26. The summed E-state index contributed by atoms with van der Waals surface area (Å²) in [5.41, 5.74) is 0.451. The van der Waals surface area contributed by atoms with Crippen LogP contribution in [0.5, 0.6) is 0 Å². The highest BCUT2D eigenvalue weighted by molar-refractivity contribution is 6.09. The maximum Gasteiger partial charge on any atom is 0.339 e. The first kappa shape index (κ1) is 19.2. The Labute approximate surface area is 141 Å². The Balaban J connectivity index is 2.72. The maximum absolute atomic E-state index is 12.2. The fourth-order valence-corrected chi connectivity index (χ4v) is 1.89. The van der Waals surface area contributed by atoms with E-state index in [-0.39, 0.29) is 11.1 Å². The van der Waals surface area contributed by atoms with Gasteiger partial charge in [0.05, 0.1) is 18.4 Å². The highest BCUT2D eigenvalue weighted by Crippen LogP contribution is 2.16. The van der Waals surface area contributed by atoms with Crippen LogP contribution in [0.25, 0.3) is 0 Å². The molecular weight excluding hydrogens is 308 g/mol. The number of nitriles is 1. The van der Waals surface area contributed by atoms with Crippen LogP contribution in [0.4, 0.5) is 5.69 Å². The number of nitrogens with one attached hydrogen (secondary N) is 2. The van der Waals surface area contributed by atoms with Crippen LogP contribution in [0.1, 0.15) is 16.8 Å². The average molecular weight is 330 g/mol. The number of para-hydroxylation sites is 1. The summed E-state index contributed by atoms with van der Waals surface area (Å²) in [5.74, 6) is -1.15. The Kier molecular flexibility index (Phi) is 8.02. The molecule has 0 fully saturated rings. The molecule has 0 unspecified atom stereocenters. The third kappa shape index (κ3) is 6.10. The zero-order valence-corrected chi connectivity index (χ0v) is 14.1. The largest absolute Gasteiger partial charge is 0.465 e. The van der Waals surface area contributed by atoms with Crippen LogP contribution in [-0.4, -0.2) is 51.1 Å². The first-order valence-electron chi connectivity index (χ1n) is 7.46. The molecule has 0 aromatic heterocycles. The van der Waals surface area contributed by atoms with E-state index in [2.05, 4.69) is 15.4 Å². The van der Waals surface area contributed by atoms with Gasteiger partial charge >= 0.3 is 5.97 Å². The van der Waals surface area contributed by atoms with Gasteiger partial charge in [0.1, 0.15) is 11.6 Å². The van der Waals surface area contributed by atoms with Crippen LogP contribution in [0.15, 0.2) is 36.0 Å². The monoisotopic (exact) mass is 330 g/mol. The van der Waals surface area contributed by atoms with Gasteiger partial charge in [0.15, 0.2) is 0 Å². The van der Waals surface area contributed by atoms with E-state index in [0.717, 1.165) is 13.0 Å². The van der Waals surface area contributed by atoms with Gasteiger partial charge in [0.25, 0.3) is 5.91 Å². The zero-order chi connectivity index (χ0) is 17.9. The summed E-state index contributed by atoms with van der Waals surface area (Å²) in [7, 11) is 5.21. The molecule has 1 aromatic rings. The molecule has 0 aliphatic heterocycles. The Bertz CT molecular complexity index is 647. The molecule has 1 amide bonds. The predicted octanol–water partition coefficient (Wildman–Crippen LogP) is 1.36. The van der Waals surface area contributed by atoms with Gasteiger partial charge in [0, 0.05) is 12.7 Å². The summed E-state index contributed by atoms with van der Waals surface area (Å²) >= 11 is 0. The minimum absolute atomic E-state index is 0.0699. The van der Waals surface area contributed by atoms with E-state index in [0.29, 0.717) is 12.2 Å². The second kappa shape index (κ2) is 10.0. The van der Waals surface area contributed by atoms with E-state index in [1.165, 1.54) is 19.4 Å². The number of rotatable bonds is 8. The van der Waals surface area contributed by atoms with Crippen LogP contribution in [0, 0.1) is 11.3 Å². The van der Waals surface area contributed by atoms with Crippen LogP contribution in [-0.2, 0) is 9.53 Å². The van der Waals surface area contributed by atoms with Gasteiger partial charge in [-0.25, -0.2) is 4.79 Å². The first-order valence-corrected chi connectivity index (χ1v) is 7.46. The first-order chi connectivity index (χ1) is 11.5. The molecule has 128 valence electrons. The minimum atomic E-state index is -0.589. The molecule has 0 radical (unpaired) electrons. The highest BCUT2D eigenvalue weighted by atomic mass is 16.5. The molecule has 0 bridgehead atoms. The smallest absolute Gasteiger partial charge is 0.339 e. The average Bonchev–Trinajstić information content (AvgIpc) is 2.57. The highest BCUT2D eigenvalue weighted by Gasteiger charge is 2.15. The molecule has 0 heterocycles. The summed E-state index contributed by atoms with van der Waals surface area (Å²) in [5, 5.41) is 14.6. The molecule has 24 heavy (non-hydrogen) atoms. The summed E-state index contributed by atoms with van der Waals surface area (Å²) in [6, 6.07) is 8.30. The van der Waals surface area contributed by atoms with E-state index in [4.69, 9.17) is 5.26 Å². The van der Waals surface area contributed by atoms with Gasteiger partial charge in [-0.1, -0.05) is 12.1 Å². The molecule has 1 aromatic carbocycles. The fraction of sp³-hybridized carbons (Fsp3) is 0.353. The lowest BCUT2D eigenvalue weighted by Crippen LogP contribution is -2.21. The Morgan fingerprint density at radius 3 is 2.67 bits per heavy atom. The zero-order valence-electron chi connectivity index (χ0n) is 14.1. The number of nitrogens with zero attached hydrogens (tertiary/aromatic N) is 2. The van der Waals surface area contributed by atoms with Gasteiger partial charge < -0.3 is 20.3 Å². The molecule has 0 spiro atoms. The van der Waals surface area contributed by atoms with Crippen LogP contribution < -0.4 is 10.6 Å². The lowest BCUT2D eigenvalue weighted by atomic mass is 10.1. The van der Waals surface area contributed by atoms with Crippen molar-refractivity contribution < 1.29 is 14.3 Å². The number of carbonyl (C=O) groups is 2. The predicted molar refractivity (Wildman–Crippen MR) is 91.3 cm³/mol. The van der Waals surface area contributed by atoms with Crippen LogP contribution >= 0.6 is 0 Å². The van der Waals surface area contributed by atoms with Crippen molar-refractivity contribution in [2.24, 2.45) is 0 Å². The van der Waals surface area contributed by atoms with Gasteiger partial charge in [-0.2, -0.15) is 5.26 Å². The van der Waals surface area contributed by atoms with E-state index in [1.807, 2.05) is 25.1 Å². The van der Waals surface area contributed by atoms with Crippen LogP contribution in [0.2, 0.25) is 0 Å². The lowest BCUT2D eigenvalue weighted by molar-refractivity contribution is -0.112. The second-order valence-corrected chi connectivity index (χ2v) is 5.27. The number of hydrogen-bond acceptors (Lipinski definition) is 6. The number of amides is 1. The normalized spacial score (nSPS) is 10.9. The molecule has 1 rings (SSSR count). The van der Waals surface area contributed by atoms with E-state index >= 15 is 0 Å². The molecule has 7 nitrogen and oxygen atoms in total. The number of methoxy groups -OCH3 is 1. The van der Waals surface area contributed by atoms with Crippen molar-refractivity contribution in [2.75, 3.05) is 39.6 Å². The second-order valence-electron chi connectivity index (χ2n) is 5.27. The number of benzene rings is 1. The SMILES string of the molecule is COC(=O)c1ccccc1NC(=O)/C(C#N)=C\NCCCN(C)C. The van der Waals surface area contributed by atoms with Gasteiger partial charge in [-0.3, -0.25) is 4.79 Å². The molecule has 0 saturated heterocycles. The third-order valence-electron chi connectivity index (χ3n) is 3.12. The number of ether oxygens (including phenoxy) is 1. The van der Waals surface area contributed by atoms with Crippen molar-refractivity contribution in [1.29, 1.82) is 5.26 Å². The van der Waals surface area contributed by atoms with E-state index in [1.54, 1.807) is 18.2 Å². The van der Waals surface area contributed by atoms with Crippen molar-refractivity contribution in [3.63, 3.8) is 0 Å². The fourth-order valence-electron chi connectivity index (χ4n) is 1.89. The molecule has 0 aliphatic rings. The van der Waals surface area contributed by atoms with Crippen molar-refractivity contribution >= 4 is 17.6 Å². The molecular formula is C17H22N4O3. The lowest BCUT2D eigenvalue weighted by Gasteiger charge is -2.10. The Hall–Kier alpha value is -2.85. The summed E-state index contributed by atoms with van der Waals surface area (Å²) in [6.45, 7) is 1.55. The standard InChI is InChI=1S/C17H22N4O3/c1-21(2)10-6-9-19-12-13(11-18)16(22)20-15-8-5-4-7-14(15)17(23)24-3/h4-5,7-8,12,19H,6,9-10H2,1-3H3,(H,20,22)/b13-12-. The molecule has 0 saturated carbocycles. The Morgan fingerprint density at radius 1 is 1.33 bits per heavy atom. The van der Waals surface area contributed by atoms with Gasteiger partial charge in [-0.05, 0) is 39.2 Å². The Morgan fingerprint density at radius 2 is 2.04 bits per heavy atom.